The first-order valence-electron chi connectivity index (χ1n) is 9.61. The van der Waals surface area contributed by atoms with Crippen LogP contribution in [0.1, 0.15) is 97.3 Å². The van der Waals surface area contributed by atoms with Crippen molar-refractivity contribution in [3.8, 4) is 0 Å². The number of rotatable bonds is 6. The second-order valence-corrected chi connectivity index (χ2v) is 7.70. The Morgan fingerprint density at radius 2 is 1.33 bits per heavy atom. The molecule has 0 aromatic rings. The van der Waals surface area contributed by atoms with Gasteiger partial charge in [-0.2, -0.15) is 0 Å². The van der Waals surface area contributed by atoms with Gasteiger partial charge < -0.3 is 4.74 Å². The van der Waals surface area contributed by atoms with Crippen LogP contribution < -0.4 is 0 Å². The Labute approximate surface area is 142 Å². The molecule has 0 saturated heterocycles. The Kier molecular flexibility index (Phi) is 12.1. The average molecular weight is 308 g/mol. The highest BCUT2D eigenvalue weighted by Crippen LogP contribution is 2.26. The molecule has 0 amide bonds. The molecule has 1 unspecified atom stereocenters. The van der Waals surface area contributed by atoms with Gasteiger partial charge >= 0.3 is 0 Å². The lowest BCUT2D eigenvalue weighted by molar-refractivity contribution is -0.0450. The summed E-state index contributed by atoms with van der Waals surface area (Å²) in [6.07, 6.45) is 19.1. The average Bonchev–Trinajstić information content (AvgIpc) is 2.50. The van der Waals surface area contributed by atoms with Crippen molar-refractivity contribution in [2.45, 2.75) is 115 Å². The van der Waals surface area contributed by atoms with Crippen molar-refractivity contribution in [1.82, 2.24) is 0 Å². The zero-order chi connectivity index (χ0) is 15.3. The van der Waals surface area contributed by atoms with E-state index in [1.165, 1.54) is 88.8 Å². The third kappa shape index (κ3) is 9.98. The zero-order valence-corrected chi connectivity index (χ0v) is 15.8. The Bertz CT molecular complexity index is 198. The maximum atomic E-state index is 6.13. The summed E-state index contributed by atoms with van der Waals surface area (Å²) < 4.78 is 6.13. The van der Waals surface area contributed by atoms with E-state index in [1.54, 1.807) is 0 Å². The van der Waals surface area contributed by atoms with Crippen LogP contribution in [-0.4, -0.2) is 28.5 Å². The van der Waals surface area contributed by atoms with Gasteiger partial charge in [-0.3, -0.25) is 0 Å². The second kappa shape index (κ2) is 13.0. The molecule has 2 radical (unpaired) electrons. The van der Waals surface area contributed by atoms with Gasteiger partial charge in [0.05, 0.1) is 12.2 Å². The second-order valence-electron chi connectivity index (χ2n) is 7.13. The van der Waals surface area contributed by atoms with E-state index in [1.807, 2.05) is 0 Å². The Morgan fingerprint density at radius 1 is 0.857 bits per heavy atom. The smallest absolute Gasteiger partial charge is 0.118 e. The van der Waals surface area contributed by atoms with Crippen molar-refractivity contribution in [3.05, 3.63) is 0 Å². The zero-order valence-electron chi connectivity index (χ0n) is 14.6. The van der Waals surface area contributed by atoms with Crippen LogP contribution in [0, 0.1) is 5.92 Å². The van der Waals surface area contributed by atoms with Crippen molar-refractivity contribution < 1.29 is 4.74 Å². The Hall–Kier alpha value is 0.492. The summed E-state index contributed by atoms with van der Waals surface area (Å²) in [5.74, 6) is 0.942. The maximum Gasteiger partial charge on any atom is 0.118 e. The minimum Gasteiger partial charge on any atom is -0.375 e. The standard InChI is InChI=1S/C12H22O.C7H15.Al/c1-3-7-11(8-4-1)13-12-9-5-2-6-10-12;1-4-6-7(3)5-2;/h11-12H,1-10H2;7H,2,4-6H2,1,3H3;. The predicted octanol–water partition coefficient (Wildman–Crippen LogP) is 6.07. The molecule has 0 heterocycles. The van der Waals surface area contributed by atoms with Crippen LogP contribution in [0.2, 0.25) is 5.28 Å². The molecular formula is C19H37AlO. The molecule has 0 aromatic carbocycles. The molecule has 2 saturated carbocycles. The van der Waals surface area contributed by atoms with Gasteiger partial charge in [0.1, 0.15) is 16.3 Å². The number of hydrogen-bond donors (Lipinski definition) is 0. The highest BCUT2D eigenvalue weighted by atomic mass is 27.0. The van der Waals surface area contributed by atoms with Crippen molar-refractivity contribution in [2.24, 2.45) is 5.92 Å². The fourth-order valence-corrected chi connectivity index (χ4v) is 4.17. The summed E-state index contributed by atoms with van der Waals surface area (Å²) in [6, 6.07) is 0. The fraction of sp³-hybridized carbons (Fsp3) is 1.00. The Balaban J connectivity index is 0.000000240. The van der Waals surface area contributed by atoms with E-state index in [0.717, 1.165) is 5.92 Å². The van der Waals surface area contributed by atoms with Crippen LogP contribution in [0.4, 0.5) is 0 Å². The minimum atomic E-state index is 0.622. The molecule has 1 nitrogen and oxygen atoms in total. The summed E-state index contributed by atoms with van der Waals surface area (Å²) in [6.45, 7) is 4.58. The molecule has 2 aliphatic rings. The topological polar surface area (TPSA) is 9.23 Å². The summed E-state index contributed by atoms with van der Waals surface area (Å²) in [5.41, 5.74) is 0. The van der Waals surface area contributed by atoms with Gasteiger partial charge in [-0.1, -0.05) is 71.6 Å². The first-order chi connectivity index (χ1) is 10.3. The maximum absolute atomic E-state index is 6.13. The molecular weight excluding hydrogens is 271 g/mol. The van der Waals surface area contributed by atoms with Crippen molar-refractivity contribution in [3.63, 3.8) is 0 Å². The van der Waals surface area contributed by atoms with Crippen LogP contribution in [0.5, 0.6) is 0 Å². The van der Waals surface area contributed by atoms with Crippen LogP contribution in [-0.2, 0) is 4.74 Å². The van der Waals surface area contributed by atoms with Crippen LogP contribution in [0.3, 0.4) is 0 Å². The molecule has 122 valence electrons. The molecule has 0 aromatic heterocycles. The molecule has 2 fully saturated rings. The number of hydrogen-bond acceptors (Lipinski definition) is 1. The molecule has 1 atom stereocenters. The third-order valence-electron chi connectivity index (χ3n) is 4.93. The van der Waals surface area contributed by atoms with Crippen molar-refractivity contribution in [2.75, 3.05) is 0 Å². The van der Waals surface area contributed by atoms with Gasteiger partial charge in [0, 0.05) is 0 Å². The lowest BCUT2D eigenvalue weighted by Gasteiger charge is -2.29. The first kappa shape index (κ1) is 19.5. The van der Waals surface area contributed by atoms with Gasteiger partial charge in [0.2, 0.25) is 0 Å². The van der Waals surface area contributed by atoms with Gasteiger partial charge in [-0.05, 0) is 31.6 Å². The van der Waals surface area contributed by atoms with E-state index < -0.39 is 0 Å². The summed E-state index contributed by atoms with van der Waals surface area (Å²) in [5, 5.41) is 1.27. The lowest BCUT2D eigenvalue weighted by atomic mass is 9.95. The van der Waals surface area contributed by atoms with E-state index in [9.17, 15) is 0 Å². The summed E-state index contributed by atoms with van der Waals surface area (Å²) in [4.78, 5) is 0. The van der Waals surface area contributed by atoms with Gasteiger partial charge in [-0.25, -0.2) is 0 Å². The normalized spacial score (nSPS) is 22.4. The van der Waals surface area contributed by atoms with E-state index in [0.29, 0.717) is 12.2 Å². The highest BCUT2D eigenvalue weighted by Gasteiger charge is 2.20. The molecule has 0 N–H and O–H groups in total. The SMILES string of the molecule is C1CCC(OC2CCCCC2)CC1.CCCC(C)C[CH2][Al]. The van der Waals surface area contributed by atoms with E-state index in [-0.39, 0.29) is 0 Å². The molecule has 21 heavy (non-hydrogen) atoms. The van der Waals surface area contributed by atoms with Crippen LogP contribution in [0.25, 0.3) is 0 Å². The van der Waals surface area contributed by atoms with Crippen molar-refractivity contribution in [1.29, 1.82) is 0 Å². The van der Waals surface area contributed by atoms with Crippen LogP contribution in [0.15, 0.2) is 0 Å². The monoisotopic (exact) mass is 308 g/mol. The molecule has 2 rings (SSSR count). The van der Waals surface area contributed by atoms with Gasteiger partial charge in [0.15, 0.2) is 0 Å². The fourth-order valence-electron chi connectivity index (χ4n) is 3.60. The Morgan fingerprint density at radius 3 is 1.71 bits per heavy atom. The highest BCUT2D eigenvalue weighted by molar-refractivity contribution is 6.08. The predicted molar refractivity (Wildman–Crippen MR) is 94.1 cm³/mol. The van der Waals surface area contributed by atoms with E-state index >= 15 is 0 Å². The third-order valence-corrected chi connectivity index (χ3v) is 5.26. The van der Waals surface area contributed by atoms with Crippen LogP contribution >= 0.6 is 0 Å². The molecule has 2 heteroatoms. The van der Waals surface area contributed by atoms with Gasteiger partial charge in [-0.15, -0.1) is 5.28 Å². The molecule has 0 bridgehead atoms. The largest absolute Gasteiger partial charge is 0.375 e. The molecule has 0 spiro atoms. The first-order valence-corrected chi connectivity index (χ1v) is 10.4. The lowest BCUT2D eigenvalue weighted by Crippen LogP contribution is -2.25. The van der Waals surface area contributed by atoms with E-state index in [4.69, 9.17) is 4.74 Å². The van der Waals surface area contributed by atoms with E-state index in [2.05, 4.69) is 30.1 Å². The quantitative estimate of drug-likeness (QED) is 0.541. The minimum absolute atomic E-state index is 0.622. The number of ether oxygens (including phenoxy) is 1. The summed E-state index contributed by atoms with van der Waals surface area (Å²) in [7, 11) is 0. The van der Waals surface area contributed by atoms with Crippen molar-refractivity contribution >= 4 is 16.3 Å². The van der Waals surface area contributed by atoms with Gasteiger partial charge in [0.25, 0.3) is 0 Å². The molecule has 2 aliphatic carbocycles. The summed E-state index contributed by atoms with van der Waals surface area (Å²) >= 11 is 2.77. The molecule has 0 aliphatic heterocycles.